The lowest BCUT2D eigenvalue weighted by Crippen LogP contribution is -2.44. The molecule has 1 aliphatic rings. The normalized spacial score (nSPS) is 15.4. The summed E-state index contributed by atoms with van der Waals surface area (Å²) >= 11 is 0. The lowest BCUT2D eigenvalue weighted by atomic mass is 9.95. The number of benzene rings is 2. The first-order valence-corrected chi connectivity index (χ1v) is 11.7. The van der Waals surface area contributed by atoms with Crippen LogP contribution < -0.4 is 5.32 Å². The molecular weight excluding hydrogens is 384 g/mol. The van der Waals surface area contributed by atoms with Crippen molar-refractivity contribution < 1.29 is 13.2 Å². The molecule has 3 rings (SSSR count). The smallest absolute Gasteiger partial charge is 0.244 e. The van der Waals surface area contributed by atoms with Crippen molar-refractivity contribution in [3.8, 4) is 0 Å². The second kappa shape index (κ2) is 9.55. The Morgan fingerprint density at radius 2 is 1.72 bits per heavy atom. The summed E-state index contributed by atoms with van der Waals surface area (Å²) in [6.45, 7) is 3.64. The lowest BCUT2D eigenvalue weighted by molar-refractivity contribution is -0.122. The zero-order chi connectivity index (χ0) is 20.9. The fourth-order valence-electron chi connectivity index (χ4n) is 3.82. The van der Waals surface area contributed by atoms with Gasteiger partial charge in [-0.1, -0.05) is 61.7 Å². The lowest BCUT2D eigenvalue weighted by Gasteiger charge is -2.26. The van der Waals surface area contributed by atoms with Crippen molar-refractivity contribution in [1.82, 2.24) is 9.62 Å². The molecule has 0 saturated heterocycles. The summed E-state index contributed by atoms with van der Waals surface area (Å²) in [7, 11) is -3.82. The van der Waals surface area contributed by atoms with E-state index in [1.165, 1.54) is 10.7 Å². The molecule has 0 heterocycles. The second-order valence-electron chi connectivity index (χ2n) is 7.93. The van der Waals surface area contributed by atoms with Crippen LogP contribution >= 0.6 is 0 Å². The molecule has 5 nitrogen and oxygen atoms in total. The zero-order valence-electron chi connectivity index (χ0n) is 17.2. The average molecular weight is 415 g/mol. The molecule has 1 N–H and O–H groups in total. The summed E-state index contributed by atoms with van der Waals surface area (Å²) in [5.74, 6) is -0.235. The number of rotatable bonds is 7. The van der Waals surface area contributed by atoms with Crippen molar-refractivity contribution in [2.45, 2.75) is 63.4 Å². The van der Waals surface area contributed by atoms with Crippen LogP contribution in [0.2, 0.25) is 0 Å². The van der Waals surface area contributed by atoms with Crippen LogP contribution in [0.1, 0.15) is 48.8 Å². The van der Waals surface area contributed by atoms with Crippen LogP contribution in [0.4, 0.5) is 0 Å². The molecule has 0 aromatic heterocycles. The standard InChI is InChI=1S/C23H30N2O3S/c1-18-13-14-19(2)22(15-18)29(27,28)25(16-20-9-5-3-6-10-20)17-23(26)24-21-11-7-4-8-12-21/h3,5-6,9-10,13-15,21H,4,7-8,11-12,16-17H2,1-2H3,(H,24,26). The molecule has 0 bridgehead atoms. The highest BCUT2D eigenvalue weighted by atomic mass is 32.2. The van der Waals surface area contributed by atoms with Crippen molar-refractivity contribution in [3.63, 3.8) is 0 Å². The molecule has 0 unspecified atom stereocenters. The minimum Gasteiger partial charge on any atom is -0.352 e. The van der Waals surface area contributed by atoms with Crippen LogP contribution in [-0.2, 0) is 21.4 Å². The Labute approximate surface area is 174 Å². The van der Waals surface area contributed by atoms with Crippen molar-refractivity contribution in [1.29, 1.82) is 0 Å². The van der Waals surface area contributed by atoms with E-state index in [-0.39, 0.29) is 29.9 Å². The molecule has 29 heavy (non-hydrogen) atoms. The van der Waals surface area contributed by atoms with Gasteiger partial charge in [-0.15, -0.1) is 0 Å². The highest BCUT2D eigenvalue weighted by Gasteiger charge is 2.29. The minimum atomic E-state index is -3.82. The van der Waals surface area contributed by atoms with E-state index < -0.39 is 10.0 Å². The summed E-state index contributed by atoms with van der Waals surface area (Å²) in [6, 6.07) is 14.9. The topological polar surface area (TPSA) is 66.5 Å². The molecule has 1 fully saturated rings. The summed E-state index contributed by atoms with van der Waals surface area (Å²) < 4.78 is 28.3. The van der Waals surface area contributed by atoms with Crippen LogP contribution in [0.5, 0.6) is 0 Å². The quantitative estimate of drug-likeness (QED) is 0.746. The van der Waals surface area contributed by atoms with Crippen LogP contribution in [0.3, 0.4) is 0 Å². The van der Waals surface area contributed by atoms with E-state index in [1.54, 1.807) is 13.0 Å². The average Bonchev–Trinajstić information content (AvgIpc) is 2.70. The molecule has 2 aromatic carbocycles. The first-order valence-electron chi connectivity index (χ1n) is 10.3. The van der Waals surface area contributed by atoms with Crippen molar-refractivity contribution in [2.75, 3.05) is 6.54 Å². The predicted octanol–water partition coefficient (Wildman–Crippen LogP) is 3.94. The monoisotopic (exact) mass is 414 g/mol. The van der Waals surface area contributed by atoms with Gasteiger partial charge in [-0.25, -0.2) is 8.42 Å². The van der Waals surface area contributed by atoms with Gasteiger partial charge in [0.2, 0.25) is 15.9 Å². The van der Waals surface area contributed by atoms with Gasteiger partial charge >= 0.3 is 0 Å². The summed E-state index contributed by atoms with van der Waals surface area (Å²) in [5.41, 5.74) is 2.41. The zero-order valence-corrected chi connectivity index (χ0v) is 18.0. The van der Waals surface area contributed by atoms with Gasteiger partial charge in [0.05, 0.1) is 11.4 Å². The number of hydrogen-bond acceptors (Lipinski definition) is 3. The molecule has 1 aliphatic carbocycles. The highest BCUT2D eigenvalue weighted by Crippen LogP contribution is 2.23. The van der Waals surface area contributed by atoms with Gasteiger partial charge in [0, 0.05) is 12.6 Å². The number of amides is 1. The van der Waals surface area contributed by atoms with Gasteiger partial charge in [-0.05, 0) is 49.4 Å². The van der Waals surface area contributed by atoms with E-state index in [0.29, 0.717) is 5.56 Å². The number of carbonyl (C=O) groups excluding carboxylic acids is 1. The maximum atomic E-state index is 13.5. The SMILES string of the molecule is Cc1ccc(C)c(S(=O)(=O)N(CC(=O)NC2CCCCC2)Cc2ccccc2)c1. The Hall–Kier alpha value is -2.18. The summed E-state index contributed by atoms with van der Waals surface area (Å²) in [4.78, 5) is 13.0. The van der Waals surface area contributed by atoms with Crippen LogP contribution in [0.25, 0.3) is 0 Å². The molecule has 6 heteroatoms. The first kappa shape index (κ1) is 21.5. The van der Waals surface area contributed by atoms with Gasteiger partial charge in [0.1, 0.15) is 0 Å². The number of aryl methyl sites for hydroxylation is 2. The highest BCUT2D eigenvalue weighted by molar-refractivity contribution is 7.89. The molecule has 0 atom stereocenters. The van der Waals surface area contributed by atoms with E-state index in [4.69, 9.17) is 0 Å². The van der Waals surface area contributed by atoms with E-state index >= 15 is 0 Å². The van der Waals surface area contributed by atoms with E-state index in [0.717, 1.165) is 36.8 Å². The van der Waals surface area contributed by atoms with E-state index in [1.807, 2.05) is 49.4 Å². The molecule has 0 aliphatic heterocycles. The van der Waals surface area contributed by atoms with Gasteiger partial charge in [0.25, 0.3) is 0 Å². The molecule has 156 valence electrons. The van der Waals surface area contributed by atoms with Gasteiger partial charge in [-0.3, -0.25) is 4.79 Å². The molecule has 1 saturated carbocycles. The first-order chi connectivity index (χ1) is 13.9. The number of nitrogens with zero attached hydrogens (tertiary/aromatic N) is 1. The molecule has 2 aromatic rings. The van der Waals surface area contributed by atoms with Crippen molar-refractivity contribution in [2.24, 2.45) is 0 Å². The Morgan fingerprint density at radius 3 is 2.41 bits per heavy atom. The van der Waals surface area contributed by atoms with Gasteiger partial charge < -0.3 is 5.32 Å². The molecule has 0 spiro atoms. The molecular formula is C23H30N2O3S. The van der Waals surface area contributed by atoms with E-state index in [9.17, 15) is 13.2 Å². The Morgan fingerprint density at radius 1 is 1.03 bits per heavy atom. The van der Waals surface area contributed by atoms with Crippen molar-refractivity contribution >= 4 is 15.9 Å². The van der Waals surface area contributed by atoms with Crippen LogP contribution in [0.15, 0.2) is 53.4 Å². The van der Waals surface area contributed by atoms with Crippen molar-refractivity contribution in [3.05, 3.63) is 65.2 Å². The molecule has 1 amide bonds. The number of carbonyl (C=O) groups is 1. The largest absolute Gasteiger partial charge is 0.352 e. The predicted molar refractivity (Wildman–Crippen MR) is 115 cm³/mol. The van der Waals surface area contributed by atoms with E-state index in [2.05, 4.69) is 5.32 Å². The van der Waals surface area contributed by atoms with Crippen LogP contribution in [-0.4, -0.2) is 31.2 Å². The summed E-state index contributed by atoms with van der Waals surface area (Å²) in [5, 5.41) is 3.04. The Kier molecular flexibility index (Phi) is 7.09. The molecule has 0 radical (unpaired) electrons. The Balaban J connectivity index is 1.85. The third-order valence-electron chi connectivity index (χ3n) is 5.45. The third kappa shape index (κ3) is 5.67. The third-order valence-corrected chi connectivity index (χ3v) is 7.39. The number of sulfonamides is 1. The maximum Gasteiger partial charge on any atom is 0.244 e. The fourth-order valence-corrected chi connectivity index (χ4v) is 5.51. The van der Waals surface area contributed by atoms with Crippen LogP contribution in [0, 0.1) is 13.8 Å². The number of nitrogens with one attached hydrogen (secondary N) is 1. The Bertz CT molecular complexity index is 936. The summed E-state index contributed by atoms with van der Waals surface area (Å²) in [6.07, 6.45) is 5.36. The maximum absolute atomic E-state index is 13.5. The minimum absolute atomic E-state index is 0.151. The number of hydrogen-bond donors (Lipinski definition) is 1. The second-order valence-corrected chi connectivity index (χ2v) is 9.84. The fraction of sp³-hybridized carbons (Fsp3) is 0.435. The van der Waals surface area contributed by atoms with Gasteiger partial charge in [0.15, 0.2) is 0 Å². The van der Waals surface area contributed by atoms with Gasteiger partial charge in [-0.2, -0.15) is 4.31 Å².